The van der Waals surface area contributed by atoms with Gasteiger partial charge in [-0.25, -0.2) is 9.97 Å². The van der Waals surface area contributed by atoms with Gasteiger partial charge in [0.25, 0.3) is 11.8 Å². The molecule has 2 rings (SSSR count). The van der Waals surface area contributed by atoms with Crippen molar-refractivity contribution in [2.75, 3.05) is 14.2 Å². The second-order valence-corrected chi connectivity index (χ2v) is 5.80. The largest absolute Gasteiger partial charge is 0.487 e. The Labute approximate surface area is 125 Å². The highest BCUT2D eigenvalue weighted by molar-refractivity contribution is 6.52. The van der Waals surface area contributed by atoms with E-state index in [0.717, 1.165) is 0 Å². The lowest BCUT2D eigenvalue weighted by Crippen LogP contribution is -2.41. The second-order valence-electron chi connectivity index (χ2n) is 5.80. The van der Waals surface area contributed by atoms with Gasteiger partial charge in [-0.1, -0.05) is 5.98 Å². The van der Waals surface area contributed by atoms with Gasteiger partial charge in [-0.05, 0) is 33.8 Å². The van der Waals surface area contributed by atoms with Gasteiger partial charge >= 0.3 is 7.12 Å². The molecule has 1 fully saturated rings. The summed E-state index contributed by atoms with van der Waals surface area (Å²) in [4.78, 5) is 8.42. The first-order valence-electron chi connectivity index (χ1n) is 6.78. The Morgan fingerprint density at radius 3 is 2.14 bits per heavy atom. The van der Waals surface area contributed by atoms with Crippen molar-refractivity contribution in [1.29, 1.82) is 0 Å². The van der Waals surface area contributed by atoms with Crippen LogP contribution in [-0.4, -0.2) is 42.5 Å². The van der Waals surface area contributed by atoms with Gasteiger partial charge in [0.15, 0.2) is 0 Å². The molecule has 1 aromatic rings. The maximum Gasteiger partial charge on any atom is 0.487 e. The Morgan fingerprint density at radius 2 is 1.62 bits per heavy atom. The summed E-state index contributed by atoms with van der Waals surface area (Å²) in [5.41, 5.74) is -0.0707. The minimum Gasteiger partial charge on any atom is -0.477 e. The van der Waals surface area contributed by atoms with Crippen molar-refractivity contribution in [2.24, 2.45) is 0 Å². The van der Waals surface area contributed by atoms with Crippen LogP contribution in [0.4, 0.5) is 0 Å². The standard InChI is InChI=1S/C14H21BN2O4/c1-13(2)14(3,4)21-15(20-13)8-7-10-9-16-11(18-5)12(17-10)19-6/h7-9H,1-6H3/b8-7+. The highest BCUT2D eigenvalue weighted by Crippen LogP contribution is 2.37. The van der Waals surface area contributed by atoms with E-state index in [4.69, 9.17) is 18.8 Å². The first-order valence-corrected chi connectivity index (χ1v) is 6.78. The minimum absolute atomic E-state index is 0.341. The smallest absolute Gasteiger partial charge is 0.477 e. The van der Waals surface area contributed by atoms with E-state index in [-0.39, 0.29) is 11.2 Å². The van der Waals surface area contributed by atoms with E-state index >= 15 is 0 Å². The molecule has 0 spiro atoms. The first-order chi connectivity index (χ1) is 9.79. The van der Waals surface area contributed by atoms with Crippen molar-refractivity contribution in [3.8, 4) is 11.8 Å². The SMILES string of the molecule is COc1ncc(/C=C/B2OC(C)(C)C(C)(C)O2)nc1OC. The van der Waals surface area contributed by atoms with Crippen LogP contribution in [0.2, 0.25) is 0 Å². The number of nitrogens with zero attached hydrogens (tertiary/aromatic N) is 2. The predicted molar refractivity (Wildman–Crippen MR) is 80.3 cm³/mol. The van der Waals surface area contributed by atoms with Gasteiger partial charge in [0.05, 0.1) is 37.3 Å². The van der Waals surface area contributed by atoms with Crippen molar-refractivity contribution in [3.63, 3.8) is 0 Å². The average molecular weight is 292 g/mol. The van der Waals surface area contributed by atoms with Crippen LogP contribution in [0.25, 0.3) is 6.08 Å². The summed E-state index contributed by atoms with van der Waals surface area (Å²) in [6, 6.07) is 0. The molecule has 21 heavy (non-hydrogen) atoms. The Kier molecular flexibility index (Phi) is 4.25. The van der Waals surface area contributed by atoms with Crippen molar-refractivity contribution in [3.05, 3.63) is 17.9 Å². The molecule has 2 heterocycles. The van der Waals surface area contributed by atoms with E-state index in [2.05, 4.69) is 9.97 Å². The van der Waals surface area contributed by atoms with Crippen LogP contribution in [0.3, 0.4) is 0 Å². The highest BCUT2D eigenvalue weighted by Gasteiger charge is 2.50. The van der Waals surface area contributed by atoms with Crippen molar-refractivity contribution < 1.29 is 18.8 Å². The topological polar surface area (TPSA) is 62.7 Å². The Morgan fingerprint density at radius 1 is 1.05 bits per heavy atom. The molecule has 0 atom stereocenters. The van der Waals surface area contributed by atoms with E-state index in [0.29, 0.717) is 17.5 Å². The monoisotopic (exact) mass is 292 g/mol. The number of ether oxygens (including phenoxy) is 2. The number of hydrogen-bond acceptors (Lipinski definition) is 6. The van der Waals surface area contributed by atoms with Gasteiger partial charge in [-0.2, -0.15) is 0 Å². The lowest BCUT2D eigenvalue weighted by Gasteiger charge is -2.32. The molecule has 0 radical (unpaired) electrons. The van der Waals surface area contributed by atoms with E-state index < -0.39 is 7.12 Å². The van der Waals surface area contributed by atoms with E-state index in [9.17, 15) is 0 Å². The number of rotatable bonds is 4. The molecule has 1 saturated heterocycles. The van der Waals surface area contributed by atoms with E-state index in [1.54, 1.807) is 12.3 Å². The van der Waals surface area contributed by atoms with Crippen molar-refractivity contribution in [1.82, 2.24) is 9.97 Å². The Hall–Kier alpha value is -1.60. The highest BCUT2D eigenvalue weighted by atomic mass is 16.7. The molecule has 1 aliphatic heterocycles. The average Bonchev–Trinajstić information content (AvgIpc) is 2.64. The molecule has 0 amide bonds. The molecular formula is C14H21BN2O4. The van der Waals surface area contributed by atoms with E-state index in [1.807, 2.05) is 33.7 Å². The molecule has 1 aromatic heterocycles. The van der Waals surface area contributed by atoms with Crippen LogP contribution in [-0.2, 0) is 9.31 Å². The van der Waals surface area contributed by atoms with Crippen LogP contribution in [0.15, 0.2) is 12.2 Å². The maximum absolute atomic E-state index is 5.87. The van der Waals surface area contributed by atoms with Gasteiger partial charge < -0.3 is 18.8 Å². The molecule has 0 saturated carbocycles. The van der Waals surface area contributed by atoms with Gasteiger partial charge in [-0.15, -0.1) is 0 Å². The normalized spacial score (nSPS) is 20.0. The summed E-state index contributed by atoms with van der Waals surface area (Å²) in [7, 11) is 2.63. The Balaban J connectivity index is 2.12. The molecule has 0 bridgehead atoms. The maximum atomic E-state index is 5.87. The quantitative estimate of drug-likeness (QED) is 0.792. The molecule has 7 heteroatoms. The Bertz CT molecular complexity index is 530. The number of hydrogen-bond donors (Lipinski definition) is 0. The fraction of sp³-hybridized carbons (Fsp3) is 0.571. The third kappa shape index (κ3) is 3.19. The lowest BCUT2D eigenvalue weighted by atomic mass is 9.90. The van der Waals surface area contributed by atoms with Gasteiger partial charge in [0.2, 0.25) is 0 Å². The zero-order chi connectivity index (χ0) is 15.7. The fourth-order valence-electron chi connectivity index (χ4n) is 1.87. The van der Waals surface area contributed by atoms with Gasteiger partial charge in [-0.3, -0.25) is 0 Å². The molecular weight excluding hydrogens is 271 g/mol. The molecule has 0 aromatic carbocycles. The van der Waals surface area contributed by atoms with Crippen LogP contribution >= 0.6 is 0 Å². The zero-order valence-corrected chi connectivity index (χ0v) is 13.3. The fourth-order valence-corrected chi connectivity index (χ4v) is 1.87. The van der Waals surface area contributed by atoms with Crippen molar-refractivity contribution >= 4 is 13.2 Å². The van der Waals surface area contributed by atoms with E-state index in [1.165, 1.54) is 14.2 Å². The molecule has 114 valence electrons. The summed E-state index contributed by atoms with van der Waals surface area (Å²) < 4.78 is 21.9. The summed E-state index contributed by atoms with van der Waals surface area (Å²) in [5, 5.41) is 0. The van der Waals surface area contributed by atoms with Crippen LogP contribution in [0.1, 0.15) is 33.4 Å². The van der Waals surface area contributed by atoms with Crippen LogP contribution < -0.4 is 9.47 Å². The van der Waals surface area contributed by atoms with Crippen molar-refractivity contribution in [2.45, 2.75) is 38.9 Å². The summed E-state index contributed by atoms with van der Waals surface area (Å²) in [5.74, 6) is 2.51. The molecule has 0 N–H and O–H groups in total. The molecule has 0 aliphatic carbocycles. The van der Waals surface area contributed by atoms with Gasteiger partial charge in [0.1, 0.15) is 0 Å². The molecule has 0 unspecified atom stereocenters. The molecule has 1 aliphatic rings. The number of methoxy groups -OCH3 is 2. The first kappa shape index (κ1) is 15.8. The third-order valence-electron chi connectivity index (χ3n) is 3.81. The summed E-state index contributed by atoms with van der Waals surface area (Å²) >= 11 is 0. The summed E-state index contributed by atoms with van der Waals surface area (Å²) in [6.45, 7) is 8.04. The van der Waals surface area contributed by atoms with Crippen LogP contribution in [0, 0.1) is 0 Å². The second kappa shape index (κ2) is 5.65. The third-order valence-corrected chi connectivity index (χ3v) is 3.81. The summed E-state index contributed by atoms with van der Waals surface area (Å²) in [6.07, 6.45) is 3.39. The van der Waals surface area contributed by atoms with Gasteiger partial charge in [0, 0.05) is 0 Å². The number of aromatic nitrogens is 2. The zero-order valence-electron chi connectivity index (χ0n) is 13.3. The lowest BCUT2D eigenvalue weighted by molar-refractivity contribution is 0.00578. The predicted octanol–water partition coefficient (Wildman–Crippen LogP) is 2.14. The minimum atomic E-state index is -0.412. The molecule has 6 nitrogen and oxygen atoms in total. The van der Waals surface area contributed by atoms with Crippen LogP contribution in [0.5, 0.6) is 11.8 Å².